The summed E-state index contributed by atoms with van der Waals surface area (Å²) in [6.07, 6.45) is 0.667. The average molecular weight is 324 g/mol. The minimum absolute atomic E-state index is 0.0831. The van der Waals surface area contributed by atoms with Gasteiger partial charge in [0.15, 0.2) is 0 Å². The van der Waals surface area contributed by atoms with E-state index in [1.165, 1.54) is 0 Å². The molecule has 2 rings (SSSR count). The normalized spacial score (nSPS) is 11.4. The van der Waals surface area contributed by atoms with Crippen LogP contribution in [0.2, 0.25) is 0 Å². The van der Waals surface area contributed by atoms with Crippen LogP contribution in [0.5, 0.6) is 5.75 Å². The summed E-state index contributed by atoms with van der Waals surface area (Å²) in [7, 11) is 0. The first-order valence-corrected chi connectivity index (χ1v) is 7.80. The number of hydrogen-bond donors (Lipinski definition) is 2. The van der Waals surface area contributed by atoms with Crippen LogP contribution in [0.3, 0.4) is 0 Å². The SMILES string of the molecule is CCC(CO)NC(=O)c1cccc(COc2cccc(C#N)c2)c1. The maximum Gasteiger partial charge on any atom is 0.251 e. The van der Waals surface area contributed by atoms with E-state index in [1.807, 2.05) is 13.0 Å². The molecule has 2 N–H and O–H groups in total. The number of benzene rings is 2. The smallest absolute Gasteiger partial charge is 0.251 e. The van der Waals surface area contributed by atoms with E-state index >= 15 is 0 Å². The summed E-state index contributed by atoms with van der Waals surface area (Å²) in [6, 6.07) is 15.9. The van der Waals surface area contributed by atoms with Crippen LogP contribution in [-0.4, -0.2) is 23.7 Å². The van der Waals surface area contributed by atoms with Gasteiger partial charge in [0.05, 0.1) is 24.3 Å². The van der Waals surface area contributed by atoms with E-state index in [0.29, 0.717) is 29.9 Å². The number of nitriles is 1. The fourth-order valence-electron chi connectivity index (χ4n) is 2.17. The molecule has 124 valence electrons. The summed E-state index contributed by atoms with van der Waals surface area (Å²) in [5, 5.41) is 20.8. The van der Waals surface area contributed by atoms with Crippen molar-refractivity contribution < 1.29 is 14.6 Å². The number of aliphatic hydroxyl groups is 1. The highest BCUT2D eigenvalue weighted by Gasteiger charge is 2.11. The Kier molecular flexibility index (Phi) is 6.35. The van der Waals surface area contributed by atoms with Crippen molar-refractivity contribution in [1.82, 2.24) is 5.32 Å². The second-order valence-corrected chi connectivity index (χ2v) is 5.39. The quantitative estimate of drug-likeness (QED) is 0.820. The molecular formula is C19H20N2O3. The number of carbonyl (C=O) groups excluding carboxylic acids is 1. The molecule has 0 bridgehead atoms. The van der Waals surface area contributed by atoms with E-state index in [0.717, 1.165) is 5.56 Å². The molecule has 24 heavy (non-hydrogen) atoms. The van der Waals surface area contributed by atoms with Crippen molar-refractivity contribution in [3.63, 3.8) is 0 Å². The van der Waals surface area contributed by atoms with Gasteiger partial charge in [-0.1, -0.05) is 25.1 Å². The molecule has 5 heteroatoms. The number of ether oxygens (including phenoxy) is 1. The van der Waals surface area contributed by atoms with Crippen LogP contribution < -0.4 is 10.1 Å². The topological polar surface area (TPSA) is 82.3 Å². The Hall–Kier alpha value is -2.84. The van der Waals surface area contributed by atoms with Crippen molar-refractivity contribution in [2.45, 2.75) is 26.0 Å². The van der Waals surface area contributed by atoms with Gasteiger partial charge in [-0.25, -0.2) is 0 Å². The van der Waals surface area contributed by atoms with Crippen molar-refractivity contribution in [3.8, 4) is 11.8 Å². The summed E-state index contributed by atoms with van der Waals surface area (Å²) >= 11 is 0. The van der Waals surface area contributed by atoms with E-state index < -0.39 is 0 Å². The third-order valence-corrected chi connectivity index (χ3v) is 3.61. The second kappa shape index (κ2) is 8.70. The van der Waals surface area contributed by atoms with Gasteiger partial charge >= 0.3 is 0 Å². The van der Waals surface area contributed by atoms with Crippen LogP contribution in [0.15, 0.2) is 48.5 Å². The molecule has 0 aliphatic heterocycles. The third-order valence-electron chi connectivity index (χ3n) is 3.61. The van der Waals surface area contributed by atoms with Crippen LogP contribution in [0, 0.1) is 11.3 Å². The van der Waals surface area contributed by atoms with Crippen LogP contribution in [0.25, 0.3) is 0 Å². The monoisotopic (exact) mass is 324 g/mol. The van der Waals surface area contributed by atoms with Gasteiger partial charge in [-0.3, -0.25) is 4.79 Å². The Balaban J connectivity index is 2.02. The number of nitrogens with one attached hydrogen (secondary N) is 1. The van der Waals surface area contributed by atoms with Crippen LogP contribution in [0.1, 0.15) is 34.8 Å². The molecule has 1 unspecified atom stereocenters. The Morgan fingerprint density at radius 2 is 2.08 bits per heavy atom. The number of hydrogen-bond acceptors (Lipinski definition) is 4. The van der Waals surface area contributed by atoms with Crippen molar-refractivity contribution in [1.29, 1.82) is 5.26 Å². The lowest BCUT2D eigenvalue weighted by atomic mass is 10.1. The van der Waals surface area contributed by atoms with E-state index in [4.69, 9.17) is 10.00 Å². The maximum atomic E-state index is 12.2. The van der Waals surface area contributed by atoms with Gasteiger partial charge in [0.2, 0.25) is 0 Å². The van der Waals surface area contributed by atoms with Crippen molar-refractivity contribution >= 4 is 5.91 Å². The van der Waals surface area contributed by atoms with Crippen LogP contribution in [-0.2, 0) is 6.61 Å². The van der Waals surface area contributed by atoms with Crippen LogP contribution in [0.4, 0.5) is 0 Å². The Bertz CT molecular complexity index is 733. The maximum absolute atomic E-state index is 12.2. The summed E-state index contributed by atoms with van der Waals surface area (Å²) in [5.41, 5.74) is 1.91. The second-order valence-electron chi connectivity index (χ2n) is 5.39. The molecule has 0 saturated carbocycles. The molecule has 0 aromatic heterocycles. The van der Waals surface area contributed by atoms with Gasteiger partial charge < -0.3 is 15.2 Å². The molecule has 0 spiro atoms. The van der Waals surface area contributed by atoms with E-state index in [1.54, 1.807) is 42.5 Å². The van der Waals surface area contributed by atoms with Crippen LogP contribution >= 0.6 is 0 Å². The van der Waals surface area contributed by atoms with Gasteiger partial charge in [-0.15, -0.1) is 0 Å². The first-order chi connectivity index (χ1) is 11.7. The minimum Gasteiger partial charge on any atom is -0.489 e. The summed E-state index contributed by atoms with van der Waals surface area (Å²) in [5.74, 6) is 0.388. The molecular weight excluding hydrogens is 304 g/mol. The molecule has 0 aliphatic rings. The standard InChI is InChI=1S/C19H20N2O3/c1-2-17(12-22)21-19(23)16-7-3-6-15(9-16)13-24-18-8-4-5-14(10-18)11-20/h3-10,17,22H,2,12-13H2,1H3,(H,21,23). The fourth-order valence-corrected chi connectivity index (χ4v) is 2.17. The molecule has 1 amide bonds. The van der Waals surface area contributed by atoms with E-state index in [9.17, 15) is 9.90 Å². The molecule has 2 aromatic carbocycles. The molecule has 2 aromatic rings. The zero-order valence-corrected chi connectivity index (χ0v) is 13.5. The zero-order valence-electron chi connectivity index (χ0n) is 13.5. The van der Waals surface area contributed by atoms with Gasteiger partial charge in [0.1, 0.15) is 12.4 Å². The predicted octanol–water partition coefficient (Wildman–Crippen LogP) is 2.64. The first-order valence-electron chi connectivity index (χ1n) is 7.80. The molecule has 0 fully saturated rings. The van der Waals surface area contributed by atoms with E-state index in [2.05, 4.69) is 11.4 Å². The van der Waals surface area contributed by atoms with Crippen molar-refractivity contribution in [3.05, 3.63) is 65.2 Å². The number of nitrogens with zero attached hydrogens (tertiary/aromatic N) is 1. The van der Waals surface area contributed by atoms with Gasteiger partial charge in [0, 0.05) is 5.56 Å². The highest BCUT2D eigenvalue weighted by atomic mass is 16.5. The van der Waals surface area contributed by atoms with Gasteiger partial charge in [-0.2, -0.15) is 5.26 Å². The van der Waals surface area contributed by atoms with Gasteiger partial charge in [-0.05, 0) is 42.3 Å². The molecule has 1 atom stereocenters. The van der Waals surface area contributed by atoms with Crippen molar-refractivity contribution in [2.24, 2.45) is 0 Å². The highest BCUT2D eigenvalue weighted by molar-refractivity contribution is 5.94. The fraction of sp³-hybridized carbons (Fsp3) is 0.263. The number of rotatable bonds is 7. The van der Waals surface area contributed by atoms with Gasteiger partial charge in [0.25, 0.3) is 5.91 Å². The van der Waals surface area contributed by atoms with Crippen molar-refractivity contribution in [2.75, 3.05) is 6.61 Å². The lowest BCUT2D eigenvalue weighted by Crippen LogP contribution is -2.36. The largest absolute Gasteiger partial charge is 0.489 e. The molecule has 0 saturated heterocycles. The average Bonchev–Trinajstić information content (AvgIpc) is 2.64. The molecule has 0 aliphatic carbocycles. The third kappa shape index (κ3) is 4.83. The Morgan fingerprint density at radius 1 is 1.29 bits per heavy atom. The summed E-state index contributed by atoms with van der Waals surface area (Å²) < 4.78 is 5.67. The number of amides is 1. The lowest BCUT2D eigenvalue weighted by molar-refractivity contribution is 0.0915. The summed E-state index contributed by atoms with van der Waals surface area (Å²) in [6.45, 7) is 2.12. The van der Waals surface area contributed by atoms with E-state index in [-0.39, 0.29) is 18.6 Å². The lowest BCUT2D eigenvalue weighted by Gasteiger charge is -2.14. The predicted molar refractivity (Wildman–Crippen MR) is 90.6 cm³/mol. The zero-order chi connectivity index (χ0) is 17.4. The first kappa shape index (κ1) is 17.5. The Morgan fingerprint density at radius 3 is 2.79 bits per heavy atom. The molecule has 0 heterocycles. The summed E-state index contributed by atoms with van der Waals surface area (Å²) in [4.78, 5) is 12.2. The Labute approximate surface area is 141 Å². The molecule has 5 nitrogen and oxygen atoms in total. The minimum atomic E-state index is -0.244. The number of carbonyl (C=O) groups is 1. The number of aliphatic hydroxyl groups excluding tert-OH is 1. The molecule has 0 radical (unpaired) electrons. The highest BCUT2D eigenvalue weighted by Crippen LogP contribution is 2.15.